The van der Waals surface area contributed by atoms with Crippen molar-refractivity contribution in [1.82, 2.24) is 4.90 Å². The van der Waals surface area contributed by atoms with Gasteiger partial charge in [-0.1, -0.05) is 19.9 Å². The van der Waals surface area contributed by atoms with Crippen LogP contribution in [0.4, 0.5) is 13.2 Å². The Balaban J connectivity index is 1.96. The lowest BCUT2D eigenvalue weighted by atomic mass is 9.96. The van der Waals surface area contributed by atoms with E-state index < -0.39 is 11.7 Å². The zero-order valence-corrected chi connectivity index (χ0v) is 16.3. The molecule has 0 spiro atoms. The number of rotatable bonds is 6. The van der Waals surface area contributed by atoms with Crippen LogP contribution >= 0.6 is 0 Å². The Morgan fingerprint density at radius 2 is 1.81 bits per heavy atom. The van der Waals surface area contributed by atoms with Gasteiger partial charge >= 0.3 is 6.18 Å². The number of carbonyl (C=O) groups is 1. The molecule has 1 aliphatic heterocycles. The molecule has 2 rings (SSSR count). The van der Waals surface area contributed by atoms with Gasteiger partial charge in [0.1, 0.15) is 18.5 Å². The summed E-state index contributed by atoms with van der Waals surface area (Å²) in [6, 6.07) is 4.17. The molecule has 0 radical (unpaired) electrons. The first-order chi connectivity index (χ1) is 12.6. The lowest BCUT2D eigenvalue weighted by Gasteiger charge is -2.32. The van der Waals surface area contributed by atoms with Gasteiger partial charge in [-0.05, 0) is 37.5 Å². The number of carbonyl (C=O) groups excluding carboxylic acids is 1. The van der Waals surface area contributed by atoms with Crippen molar-refractivity contribution in [3.05, 3.63) is 29.3 Å². The van der Waals surface area contributed by atoms with Crippen molar-refractivity contribution in [3.63, 3.8) is 0 Å². The molecule has 0 unspecified atom stereocenters. The minimum absolute atomic E-state index is 0.00791. The number of benzene rings is 1. The van der Waals surface area contributed by atoms with Crippen molar-refractivity contribution in [2.24, 2.45) is 0 Å². The molecule has 0 N–H and O–H groups in total. The van der Waals surface area contributed by atoms with Crippen molar-refractivity contribution in [2.45, 2.75) is 64.8 Å². The minimum atomic E-state index is -4.41. The van der Waals surface area contributed by atoms with Crippen molar-refractivity contribution in [1.29, 1.82) is 0 Å². The Hall–Kier alpha value is -1.76. The lowest BCUT2D eigenvalue weighted by Crippen LogP contribution is -2.43. The number of hydrogen-bond acceptors (Lipinski definition) is 3. The lowest BCUT2D eigenvalue weighted by molar-refractivity contribution is -0.140. The zero-order chi connectivity index (χ0) is 20.2. The summed E-state index contributed by atoms with van der Waals surface area (Å²) in [6.45, 7) is 8.29. The number of likely N-dealkylation sites (tertiary alicyclic amines) is 1. The maximum Gasteiger partial charge on any atom is 0.416 e. The molecule has 1 heterocycles. The molecule has 1 aromatic rings. The molecule has 0 atom stereocenters. The third kappa shape index (κ3) is 6.13. The largest absolute Gasteiger partial charge is 0.490 e. The van der Waals surface area contributed by atoms with Gasteiger partial charge in [-0.3, -0.25) is 4.79 Å². The highest BCUT2D eigenvalue weighted by molar-refractivity contribution is 5.77. The summed E-state index contributed by atoms with van der Waals surface area (Å²) in [5, 5.41) is 0. The molecule has 0 saturated carbocycles. The smallest absolute Gasteiger partial charge is 0.416 e. The summed E-state index contributed by atoms with van der Waals surface area (Å²) < 4.78 is 51.1. The van der Waals surface area contributed by atoms with Crippen LogP contribution in [-0.4, -0.2) is 42.7 Å². The molecular weight excluding hydrogens is 359 g/mol. The molecule has 152 valence electrons. The van der Waals surface area contributed by atoms with Gasteiger partial charge in [-0.2, -0.15) is 13.2 Å². The Morgan fingerprint density at radius 1 is 1.19 bits per heavy atom. The first kappa shape index (κ1) is 21.5. The predicted octanol–water partition coefficient (Wildman–Crippen LogP) is 4.62. The van der Waals surface area contributed by atoms with E-state index in [1.807, 2.05) is 13.8 Å². The number of piperidine rings is 1. The van der Waals surface area contributed by atoms with Crippen LogP contribution in [0.1, 0.15) is 57.6 Å². The highest BCUT2D eigenvalue weighted by Crippen LogP contribution is 2.37. The van der Waals surface area contributed by atoms with E-state index in [1.165, 1.54) is 6.07 Å². The van der Waals surface area contributed by atoms with Gasteiger partial charge in [-0.15, -0.1) is 0 Å². The molecule has 7 heteroatoms. The molecule has 0 aliphatic carbocycles. The van der Waals surface area contributed by atoms with Gasteiger partial charge in [0.2, 0.25) is 5.91 Å². The van der Waals surface area contributed by atoms with Crippen molar-refractivity contribution >= 4 is 5.91 Å². The van der Waals surface area contributed by atoms with E-state index in [-0.39, 0.29) is 42.0 Å². The van der Waals surface area contributed by atoms with Crippen LogP contribution in [0.3, 0.4) is 0 Å². The fourth-order valence-electron chi connectivity index (χ4n) is 3.10. The van der Waals surface area contributed by atoms with Crippen molar-refractivity contribution < 1.29 is 27.4 Å². The van der Waals surface area contributed by atoms with Crippen LogP contribution in [0, 0.1) is 0 Å². The summed E-state index contributed by atoms with van der Waals surface area (Å²) in [7, 11) is 0. The summed E-state index contributed by atoms with van der Waals surface area (Å²) in [4.78, 5) is 13.8. The van der Waals surface area contributed by atoms with Gasteiger partial charge in [0.25, 0.3) is 0 Å². The van der Waals surface area contributed by atoms with Gasteiger partial charge < -0.3 is 14.4 Å². The fourth-order valence-corrected chi connectivity index (χ4v) is 3.10. The first-order valence-electron chi connectivity index (χ1n) is 9.35. The maximum absolute atomic E-state index is 13.3. The Kier molecular flexibility index (Phi) is 7.14. The van der Waals surface area contributed by atoms with E-state index in [1.54, 1.807) is 24.8 Å². The van der Waals surface area contributed by atoms with E-state index in [4.69, 9.17) is 9.47 Å². The highest BCUT2D eigenvalue weighted by Gasteiger charge is 2.34. The maximum atomic E-state index is 13.3. The molecule has 27 heavy (non-hydrogen) atoms. The summed E-state index contributed by atoms with van der Waals surface area (Å²) in [5.41, 5.74) is -0.381. The van der Waals surface area contributed by atoms with Crippen LogP contribution in [-0.2, 0) is 15.7 Å². The fraction of sp³-hybridized carbons (Fsp3) is 0.650. The van der Waals surface area contributed by atoms with E-state index in [0.717, 1.165) is 6.07 Å². The average Bonchev–Trinajstić information content (AvgIpc) is 2.59. The van der Waals surface area contributed by atoms with Crippen molar-refractivity contribution in [2.75, 3.05) is 19.7 Å². The number of ether oxygens (including phenoxy) is 2. The quantitative estimate of drug-likeness (QED) is 0.715. The SMILES string of the molecule is CC(C)OCC(=O)N1CCC(Oc2ccc(C(C)C)c(C(F)(F)F)c2)CC1. The van der Waals surface area contributed by atoms with Crippen LogP contribution in [0.15, 0.2) is 18.2 Å². The summed E-state index contributed by atoms with van der Waals surface area (Å²) >= 11 is 0. The molecular formula is C20H28F3NO3. The molecule has 1 aliphatic rings. The number of nitrogens with zero attached hydrogens (tertiary/aromatic N) is 1. The number of amides is 1. The monoisotopic (exact) mass is 387 g/mol. The molecule has 1 saturated heterocycles. The molecule has 1 amide bonds. The second-order valence-corrected chi connectivity index (χ2v) is 7.46. The van der Waals surface area contributed by atoms with E-state index >= 15 is 0 Å². The Bertz CT molecular complexity index is 636. The molecule has 1 aromatic carbocycles. The number of alkyl halides is 3. The van der Waals surface area contributed by atoms with Crippen LogP contribution in [0.25, 0.3) is 0 Å². The second kappa shape index (κ2) is 8.95. The van der Waals surface area contributed by atoms with Crippen molar-refractivity contribution in [3.8, 4) is 5.75 Å². The topological polar surface area (TPSA) is 38.8 Å². The highest BCUT2D eigenvalue weighted by atomic mass is 19.4. The minimum Gasteiger partial charge on any atom is -0.490 e. The molecule has 0 aromatic heterocycles. The van der Waals surface area contributed by atoms with Gasteiger partial charge in [0, 0.05) is 25.9 Å². The van der Waals surface area contributed by atoms with Gasteiger partial charge in [0.05, 0.1) is 11.7 Å². The summed E-state index contributed by atoms with van der Waals surface area (Å²) in [6.07, 6.45) is -3.45. The van der Waals surface area contributed by atoms with E-state index in [9.17, 15) is 18.0 Å². The predicted molar refractivity (Wildman–Crippen MR) is 96.9 cm³/mol. The zero-order valence-electron chi connectivity index (χ0n) is 16.3. The second-order valence-electron chi connectivity index (χ2n) is 7.46. The first-order valence-corrected chi connectivity index (χ1v) is 9.35. The van der Waals surface area contributed by atoms with Crippen LogP contribution in [0.5, 0.6) is 5.75 Å². The third-order valence-corrected chi connectivity index (χ3v) is 4.59. The normalized spacial score (nSPS) is 16.3. The van der Waals surface area contributed by atoms with E-state index in [0.29, 0.717) is 25.9 Å². The molecule has 4 nitrogen and oxygen atoms in total. The third-order valence-electron chi connectivity index (χ3n) is 4.59. The van der Waals surface area contributed by atoms with Gasteiger partial charge in [0.15, 0.2) is 0 Å². The number of halogens is 3. The molecule has 0 bridgehead atoms. The van der Waals surface area contributed by atoms with E-state index in [2.05, 4.69) is 0 Å². The molecule has 1 fully saturated rings. The van der Waals surface area contributed by atoms with Crippen LogP contribution < -0.4 is 4.74 Å². The van der Waals surface area contributed by atoms with Crippen LogP contribution in [0.2, 0.25) is 0 Å². The Labute approximate surface area is 158 Å². The average molecular weight is 387 g/mol. The Morgan fingerprint density at radius 3 is 2.33 bits per heavy atom. The summed E-state index contributed by atoms with van der Waals surface area (Å²) in [5.74, 6) is -0.0691. The number of hydrogen-bond donors (Lipinski definition) is 0. The van der Waals surface area contributed by atoms with Gasteiger partial charge in [-0.25, -0.2) is 0 Å². The standard InChI is InChI=1S/C20H28F3NO3/c1-13(2)17-6-5-16(11-18(17)20(21,22)23)27-15-7-9-24(10-8-15)19(25)12-26-14(3)4/h5-6,11,13-15H,7-10,12H2,1-4H3.